The summed E-state index contributed by atoms with van der Waals surface area (Å²) in [6, 6.07) is 12.0. The van der Waals surface area contributed by atoms with Crippen LogP contribution in [0, 0.1) is 0 Å². The number of likely N-dealkylation sites (N-methyl/N-ethyl adjacent to an activating group) is 1. The Kier molecular flexibility index (Phi) is 7.45. The van der Waals surface area contributed by atoms with Crippen molar-refractivity contribution in [3.63, 3.8) is 0 Å². The maximum atomic E-state index is 12.3. The van der Waals surface area contributed by atoms with Crippen molar-refractivity contribution in [2.45, 2.75) is 0 Å². The van der Waals surface area contributed by atoms with Crippen molar-refractivity contribution < 1.29 is 24.0 Å². The Bertz CT molecular complexity index is 796. The van der Waals surface area contributed by atoms with Gasteiger partial charge in [-0.15, -0.1) is 0 Å². The molecular weight excluding hydrogens is 370 g/mol. The van der Waals surface area contributed by atoms with Gasteiger partial charge in [-0.2, -0.15) is 0 Å². The molecule has 0 heterocycles. The van der Waals surface area contributed by atoms with E-state index in [1.165, 1.54) is 7.11 Å². The van der Waals surface area contributed by atoms with E-state index in [0.29, 0.717) is 27.9 Å². The molecule has 1 unspecified atom stereocenters. The molecule has 0 saturated carbocycles. The van der Waals surface area contributed by atoms with E-state index in [1.807, 2.05) is 0 Å². The maximum Gasteiger partial charge on any atom is 0.279 e. The van der Waals surface area contributed by atoms with Crippen LogP contribution in [0.5, 0.6) is 11.5 Å². The summed E-state index contributed by atoms with van der Waals surface area (Å²) in [5, 5.41) is 6.15. The van der Waals surface area contributed by atoms with E-state index in [-0.39, 0.29) is 24.9 Å². The predicted octanol–water partition coefficient (Wildman–Crippen LogP) is 1.45. The Labute approximate surface area is 163 Å². The van der Waals surface area contributed by atoms with E-state index in [0.717, 1.165) is 4.90 Å². The van der Waals surface area contributed by atoms with E-state index in [1.54, 1.807) is 56.6 Å². The van der Waals surface area contributed by atoms with Crippen molar-refractivity contribution in [1.29, 1.82) is 0 Å². The lowest BCUT2D eigenvalue weighted by Gasteiger charge is -2.15. The number of methoxy groups -OCH3 is 2. The van der Waals surface area contributed by atoms with E-state index < -0.39 is 0 Å². The number of ether oxygens (including phenoxy) is 2. The summed E-state index contributed by atoms with van der Waals surface area (Å²) >= 11 is 5.82. The van der Waals surface area contributed by atoms with Crippen LogP contribution in [0.25, 0.3) is 0 Å². The van der Waals surface area contributed by atoms with Crippen LogP contribution in [0.15, 0.2) is 42.5 Å². The van der Waals surface area contributed by atoms with Crippen LogP contribution < -0.4 is 25.0 Å². The first-order chi connectivity index (χ1) is 12.9. The minimum Gasteiger partial charge on any atom is -0.497 e. The number of rotatable bonds is 8. The van der Waals surface area contributed by atoms with Gasteiger partial charge in [0.25, 0.3) is 11.8 Å². The van der Waals surface area contributed by atoms with Gasteiger partial charge in [0.1, 0.15) is 11.5 Å². The minimum absolute atomic E-state index is 0.128. The highest BCUT2D eigenvalue weighted by Crippen LogP contribution is 2.28. The molecule has 0 aliphatic rings. The number of hydrogen-bond acceptors (Lipinski definition) is 4. The number of benzene rings is 2. The Morgan fingerprint density at radius 2 is 1.59 bits per heavy atom. The van der Waals surface area contributed by atoms with Gasteiger partial charge in [-0.3, -0.25) is 9.59 Å². The van der Waals surface area contributed by atoms with Crippen molar-refractivity contribution in [3.05, 3.63) is 47.5 Å². The van der Waals surface area contributed by atoms with Gasteiger partial charge in [0.2, 0.25) is 0 Å². The molecule has 0 spiro atoms. The fourth-order valence-corrected chi connectivity index (χ4v) is 2.57. The maximum absolute atomic E-state index is 12.3. The highest BCUT2D eigenvalue weighted by molar-refractivity contribution is 6.30. The average Bonchev–Trinajstić information content (AvgIpc) is 2.63. The molecule has 7 nitrogen and oxygen atoms in total. The third-order valence-corrected chi connectivity index (χ3v) is 3.99. The molecule has 0 radical (unpaired) electrons. The highest BCUT2D eigenvalue weighted by Gasteiger charge is 2.16. The van der Waals surface area contributed by atoms with Crippen LogP contribution in [0.4, 0.5) is 11.4 Å². The third-order valence-electron chi connectivity index (χ3n) is 3.74. The Hall–Kier alpha value is -2.77. The fraction of sp³-hybridized carbons (Fsp3) is 0.263. The van der Waals surface area contributed by atoms with Gasteiger partial charge in [-0.25, -0.2) is 0 Å². The molecule has 0 saturated heterocycles. The Morgan fingerprint density at radius 3 is 2.19 bits per heavy atom. The minimum atomic E-state index is -0.227. The van der Waals surface area contributed by atoms with Gasteiger partial charge >= 0.3 is 0 Å². The summed E-state index contributed by atoms with van der Waals surface area (Å²) in [7, 11) is 4.84. The van der Waals surface area contributed by atoms with E-state index >= 15 is 0 Å². The number of amides is 2. The lowest BCUT2D eigenvalue weighted by Crippen LogP contribution is -3.11. The number of hydrogen-bond donors (Lipinski definition) is 3. The van der Waals surface area contributed by atoms with Crippen LogP contribution >= 0.6 is 11.6 Å². The van der Waals surface area contributed by atoms with Crippen molar-refractivity contribution >= 4 is 34.8 Å². The van der Waals surface area contributed by atoms with Gasteiger partial charge in [-0.1, -0.05) is 11.6 Å². The summed E-state index contributed by atoms with van der Waals surface area (Å²) in [6.07, 6.45) is 0. The highest BCUT2D eigenvalue weighted by atomic mass is 35.5. The molecule has 2 aromatic carbocycles. The lowest BCUT2D eigenvalue weighted by atomic mass is 10.2. The fourth-order valence-electron chi connectivity index (χ4n) is 2.45. The molecule has 0 aliphatic carbocycles. The molecule has 3 N–H and O–H groups in total. The summed E-state index contributed by atoms with van der Waals surface area (Å²) in [5.74, 6) is 0.715. The van der Waals surface area contributed by atoms with Crippen molar-refractivity contribution in [2.75, 3.05) is 45.0 Å². The van der Waals surface area contributed by atoms with Gasteiger partial charge in [0.15, 0.2) is 13.1 Å². The van der Waals surface area contributed by atoms with E-state index in [4.69, 9.17) is 21.1 Å². The van der Waals surface area contributed by atoms with Gasteiger partial charge in [-0.05, 0) is 36.4 Å². The first kappa shape index (κ1) is 20.5. The Morgan fingerprint density at radius 1 is 0.963 bits per heavy atom. The second kappa shape index (κ2) is 9.80. The third kappa shape index (κ3) is 6.47. The molecule has 2 amide bonds. The molecule has 1 atom stereocenters. The van der Waals surface area contributed by atoms with Gasteiger partial charge < -0.3 is 25.0 Å². The van der Waals surface area contributed by atoms with Crippen LogP contribution in [-0.2, 0) is 9.59 Å². The summed E-state index contributed by atoms with van der Waals surface area (Å²) in [6.45, 7) is 0.277. The molecule has 0 aliphatic heterocycles. The van der Waals surface area contributed by atoms with Crippen LogP contribution in [0.2, 0.25) is 5.02 Å². The number of nitrogens with one attached hydrogen (secondary N) is 3. The van der Waals surface area contributed by atoms with Crippen LogP contribution in [0.3, 0.4) is 0 Å². The smallest absolute Gasteiger partial charge is 0.279 e. The quantitative estimate of drug-likeness (QED) is 0.635. The number of quaternary nitrogens is 1. The zero-order valence-electron chi connectivity index (χ0n) is 15.5. The van der Waals surface area contributed by atoms with E-state index in [2.05, 4.69) is 10.6 Å². The molecule has 0 bridgehead atoms. The normalized spacial score (nSPS) is 11.4. The van der Waals surface area contributed by atoms with Crippen LogP contribution in [0.1, 0.15) is 0 Å². The first-order valence-corrected chi connectivity index (χ1v) is 8.67. The number of anilines is 2. The molecule has 2 aromatic rings. The molecule has 2 rings (SSSR count). The van der Waals surface area contributed by atoms with Gasteiger partial charge in [0, 0.05) is 16.8 Å². The average molecular weight is 393 g/mol. The summed E-state index contributed by atoms with van der Waals surface area (Å²) < 4.78 is 10.4. The van der Waals surface area contributed by atoms with Crippen LogP contribution in [-0.4, -0.2) is 46.2 Å². The molecular formula is C19H23ClN3O4+. The summed E-state index contributed by atoms with van der Waals surface area (Å²) in [5.41, 5.74) is 1.20. The first-order valence-electron chi connectivity index (χ1n) is 8.30. The van der Waals surface area contributed by atoms with E-state index in [9.17, 15) is 9.59 Å². The lowest BCUT2D eigenvalue weighted by molar-refractivity contribution is -0.862. The largest absolute Gasteiger partial charge is 0.497 e. The van der Waals surface area contributed by atoms with Gasteiger partial charge in [0.05, 0.1) is 27.0 Å². The predicted molar refractivity (Wildman–Crippen MR) is 105 cm³/mol. The molecule has 144 valence electrons. The molecule has 27 heavy (non-hydrogen) atoms. The zero-order chi connectivity index (χ0) is 19.8. The topological polar surface area (TPSA) is 81.1 Å². The number of halogens is 1. The standard InChI is InChI=1S/C19H22ClN3O4/c1-23(11-18(24)21-14-6-4-13(20)5-7-14)12-19(25)22-16-9-8-15(26-2)10-17(16)27-3/h4-10H,11-12H2,1-3H3,(H,21,24)(H,22,25)/p+1. The second-order valence-corrected chi connectivity index (χ2v) is 6.42. The monoisotopic (exact) mass is 392 g/mol. The van der Waals surface area contributed by atoms with Crippen molar-refractivity contribution in [2.24, 2.45) is 0 Å². The second-order valence-electron chi connectivity index (χ2n) is 5.98. The zero-order valence-corrected chi connectivity index (χ0v) is 16.2. The molecule has 0 fully saturated rings. The Balaban J connectivity index is 1.86. The van der Waals surface area contributed by atoms with Crippen molar-refractivity contribution in [1.82, 2.24) is 0 Å². The van der Waals surface area contributed by atoms with Crippen molar-refractivity contribution in [3.8, 4) is 11.5 Å². The summed E-state index contributed by atoms with van der Waals surface area (Å²) in [4.78, 5) is 25.1. The SMILES string of the molecule is COc1ccc(NC(=O)C[NH+](C)CC(=O)Nc2ccc(Cl)cc2)c(OC)c1. The molecule has 8 heteroatoms. The number of carbonyl (C=O) groups is 2. The molecule has 0 aromatic heterocycles. The number of carbonyl (C=O) groups excluding carboxylic acids is 2.